The lowest BCUT2D eigenvalue weighted by molar-refractivity contribution is -0.142. The Morgan fingerprint density at radius 1 is 1.35 bits per heavy atom. The van der Waals surface area contributed by atoms with Crippen LogP contribution in [0.4, 0.5) is 0 Å². The van der Waals surface area contributed by atoms with E-state index in [4.69, 9.17) is 14.9 Å². The molecule has 23 heavy (non-hydrogen) atoms. The topological polar surface area (TPSA) is 107 Å². The maximum Gasteiger partial charge on any atom is 0.328 e. The van der Waals surface area contributed by atoms with Gasteiger partial charge in [0.05, 0.1) is 13.2 Å². The molecule has 0 aliphatic heterocycles. The zero-order valence-corrected chi connectivity index (χ0v) is 13.0. The second-order valence-corrected chi connectivity index (χ2v) is 5.10. The third kappa shape index (κ3) is 4.40. The Balaban J connectivity index is 2.10. The van der Waals surface area contributed by atoms with Gasteiger partial charge in [0.25, 0.3) is 5.91 Å². The summed E-state index contributed by atoms with van der Waals surface area (Å²) in [4.78, 5) is 28.1. The van der Waals surface area contributed by atoms with Gasteiger partial charge in [-0.25, -0.2) is 9.78 Å². The summed E-state index contributed by atoms with van der Waals surface area (Å²) < 4.78 is 9.87. The number of aromatic nitrogens is 1. The van der Waals surface area contributed by atoms with Crippen molar-refractivity contribution in [2.75, 3.05) is 7.11 Å². The van der Waals surface area contributed by atoms with E-state index in [1.807, 2.05) is 30.3 Å². The summed E-state index contributed by atoms with van der Waals surface area (Å²) in [6, 6.07) is 8.09. The predicted octanol–water partition coefficient (Wildman–Crippen LogP) is 1.21. The molecule has 2 atom stereocenters. The van der Waals surface area contributed by atoms with E-state index < -0.39 is 24.0 Å². The molecule has 0 saturated heterocycles. The molecule has 2 rings (SSSR count). The first kappa shape index (κ1) is 16.7. The molecule has 0 fully saturated rings. The van der Waals surface area contributed by atoms with Crippen molar-refractivity contribution >= 4 is 11.9 Å². The molecule has 122 valence electrons. The molecule has 2 aromatic rings. The van der Waals surface area contributed by atoms with Crippen LogP contribution in [0, 0.1) is 0 Å². The Labute approximate surface area is 133 Å². The van der Waals surface area contributed by atoms with E-state index in [2.05, 4.69) is 10.3 Å². The third-order valence-electron chi connectivity index (χ3n) is 3.22. The van der Waals surface area contributed by atoms with Crippen LogP contribution in [-0.4, -0.2) is 30.0 Å². The highest BCUT2D eigenvalue weighted by molar-refractivity contribution is 5.95. The summed E-state index contributed by atoms with van der Waals surface area (Å²) in [6.45, 7) is 1.69. The second kappa shape index (κ2) is 7.55. The number of nitrogens with two attached hydrogens (primary N) is 1. The maximum absolute atomic E-state index is 12.2. The Morgan fingerprint density at radius 3 is 2.61 bits per heavy atom. The monoisotopic (exact) mass is 317 g/mol. The first-order chi connectivity index (χ1) is 11.0. The van der Waals surface area contributed by atoms with Gasteiger partial charge in [0.2, 0.25) is 5.89 Å². The van der Waals surface area contributed by atoms with Crippen LogP contribution in [-0.2, 0) is 16.0 Å². The van der Waals surface area contributed by atoms with Crippen LogP contribution >= 0.6 is 0 Å². The summed E-state index contributed by atoms with van der Waals surface area (Å²) in [5, 5.41) is 2.61. The molecule has 7 heteroatoms. The van der Waals surface area contributed by atoms with Gasteiger partial charge in [0, 0.05) is 6.42 Å². The van der Waals surface area contributed by atoms with E-state index in [-0.39, 0.29) is 11.6 Å². The van der Waals surface area contributed by atoms with Gasteiger partial charge >= 0.3 is 5.97 Å². The summed E-state index contributed by atoms with van der Waals surface area (Å²) >= 11 is 0. The molecule has 0 aliphatic rings. The molecular weight excluding hydrogens is 298 g/mol. The molecule has 1 amide bonds. The molecule has 0 saturated carbocycles. The van der Waals surface area contributed by atoms with Crippen molar-refractivity contribution in [1.29, 1.82) is 0 Å². The number of amides is 1. The van der Waals surface area contributed by atoms with Crippen molar-refractivity contribution in [2.45, 2.75) is 25.4 Å². The fourth-order valence-corrected chi connectivity index (χ4v) is 2.02. The second-order valence-electron chi connectivity index (χ2n) is 5.10. The minimum absolute atomic E-state index is 0.0688. The van der Waals surface area contributed by atoms with Crippen LogP contribution in [0.25, 0.3) is 0 Å². The average molecular weight is 317 g/mol. The molecule has 1 aromatic heterocycles. The highest BCUT2D eigenvalue weighted by Gasteiger charge is 2.24. The van der Waals surface area contributed by atoms with Gasteiger partial charge in [0.1, 0.15) is 12.3 Å². The minimum atomic E-state index is -0.814. The van der Waals surface area contributed by atoms with Gasteiger partial charge in [-0.3, -0.25) is 4.79 Å². The molecule has 0 spiro atoms. The Morgan fingerprint density at radius 2 is 2.04 bits per heavy atom. The number of rotatable bonds is 6. The van der Waals surface area contributed by atoms with Crippen molar-refractivity contribution in [1.82, 2.24) is 10.3 Å². The van der Waals surface area contributed by atoms with E-state index >= 15 is 0 Å². The van der Waals surface area contributed by atoms with Crippen molar-refractivity contribution < 1.29 is 18.7 Å². The SMILES string of the molecule is COC(=O)C(Cc1ccccc1)NC(=O)c1coc(C(C)N)n1. The van der Waals surface area contributed by atoms with E-state index in [1.54, 1.807) is 6.92 Å². The quantitative estimate of drug-likeness (QED) is 0.775. The predicted molar refractivity (Wildman–Crippen MR) is 82.5 cm³/mol. The number of carbonyl (C=O) groups excluding carboxylic acids is 2. The van der Waals surface area contributed by atoms with Crippen LogP contribution in [0.1, 0.15) is 34.9 Å². The summed E-state index contributed by atoms with van der Waals surface area (Å²) in [6.07, 6.45) is 1.53. The van der Waals surface area contributed by atoms with Crippen molar-refractivity contribution in [3.05, 3.63) is 53.7 Å². The molecule has 7 nitrogen and oxygen atoms in total. The van der Waals surface area contributed by atoms with E-state index in [9.17, 15) is 9.59 Å². The lowest BCUT2D eigenvalue weighted by Gasteiger charge is -2.15. The number of benzene rings is 1. The number of hydrogen-bond acceptors (Lipinski definition) is 6. The number of oxazole rings is 1. The molecule has 2 unspecified atom stereocenters. The highest BCUT2D eigenvalue weighted by Crippen LogP contribution is 2.10. The Kier molecular flexibility index (Phi) is 5.48. The fraction of sp³-hybridized carbons (Fsp3) is 0.312. The lowest BCUT2D eigenvalue weighted by Crippen LogP contribution is -2.43. The van der Waals surface area contributed by atoms with Crippen LogP contribution in [0.5, 0.6) is 0 Å². The number of methoxy groups -OCH3 is 1. The van der Waals surface area contributed by atoms with Crippen LogP contribution in [0.3, 0.4) is 0 Å². The van der Waals surface area contributed by atoms with Gasteiger partial charge in [-0.1, -0.05) is 30.3 Å². The molecule has 1 heterocycles. The number of nitrogens with one attached hydrogen (secondary N) is 1. The minimum Gasteiger partial charge on any atom is -0.467 e. The van der Waals surface area contributed by atoms with Crippen LogP contribution in [0.2, 0.25) is 0 Å². The Hall–Kier alpha value is -2.67. The van der Waals surface area contributed by atoms with E-state index in [0.29, 0.717) is 6.42 Å². The number of hydrogen-bond donors (Lipinski definition) is 2. The molecular formula is C16H19N3O4. The van der Waals surface area contributed by atoms with E-state index in [1.165, 1.54) is 13.4 Å². The van der Waals surface area contributed by atoms with Crippen molar-refractivity contribution in [3.63, 3.8) is 0 Å². The largest absolute Gasteiger partial charge is 0.467 e. The first-order valence-electron chi connectivity index (χ1n) is 7.15. The average Bonchev–Trinajstić information content (AvgIpc) is 3.05. The molecule has 0 bridgehead atoms. The third-order valence-corrected chi connectivity index (χ3v) is 3.22. The molecule has 0 radical (unpaired) electrons. The number of nitrogens with zero attached hydrogens (tertiary/aromatic N) is 1. The zero-order chi connectivity index (χ0) is 16.8. The van der Waals surface area contributed by atoms with Gasteiger partial charge in [-0.05, 0) is 12.5 Å². The fourth-order valence-electron chi connectivity index (χ4n) is 2.02. The van der Waals surface area contributed by atoms with Crippen LogP contribution in [0.15, 0.2) is 41.0 Å². The highest BCUT2D eigenvalue weighted by atomic mass is 16.5. The van der Waals surface area contributed by atoms with Gasteiger partial charge in [0.15, 0.2) is 5.69 Å². The smallest absolute Gasteiger partial charge is 0.328 e. The normalized spacial score (nSPS) is 13.2. The van der Waals surface area contributed by atoms with Crippen molar-refractivity contribution in [3.8, 4) is 0 Å². The Bertz CT molecular complexity index is 667. The number of carbonyl (C=O) groups is 2. The lowest BCUT2D eigenvalue weighted by atomic mass is 10.1. The first-order valence-corrected chi connectivity index (χ1v) is 7.15. The molecule has 3 N–H and O–H groups in total. The van der Waals surface area contributed by atoms with E-state index in [0.717, 1.165) is 5.56 Å². The zero-order valence-electron chi connectivity index (χ0n) is 13.0. The summed E-state index contributed by atoms with van der Waals surface area (Å²) in [5.74, 6) is -0.794. The van der Waals surface area contributed by atoms with Crippen LogP contribution < -0.4 is 11.1 Å². The molecule has 1 aromatic carbocycles. The van der Waals surface area contributed by atoms with Gasteiger partial charge in [-0.2, -0.15) is 0 Å². The van der Waals surface area contributed by atoms with Gasteiger partial charge in [-0.15, -0.1) is 0 Å². The van der Waals surface area contributed by atoms with Gasteiger partial charge < -0.3 is 20.2 Å². The molecule has 0 aliphatic carbocycles. The summed E-state index contributed by atoms with van der Waals surface area (Å²) in [7, 11) is 1.27. The maximum atomic E-state index is 12.2. The number of ether oxygens (including phenoxy) is 1. The summed E-state index contributed by atoms with van der Waals surface area (Å²) in [5.41, 5.74) is 6.61. The number of esters is 1. The van der Waals surface area contributed by atoms with Crippen molar-refractivity contribution in [2.24, 2.45) is 5.73 Å². The standard InChI is InChI=1S/C16H19N3O4/c1-10(17)15-19-13(9-23-15)14(20)18-12(16(21)22-2)8-11-6-4-3-5-7-11/h3-7,9-10,12H,8,17H2,1-2H3,(H,18,20).